The second kappa shape index (κ2) is 17.9. The number of ketones is 3. The number of benzene rings is 1. The third-order valence-corrected chi connectivity index (χ3v) is 10.8. The number of phenolic OH excluding ortho intramolecular Hbond substituents is 1. The Morgan fingerprint density at radius 2 is 1.60 bits per heavy atom. The van der Waals surface area contributed by atoms with Gasteiger partial charge >= 0.3 is 17.7 Å². The smallest absolute Gasteiger partial charge is 0.312 e. The summed E-state index contributed by atoms with van der Waals surface area (Å²) in [6, 6.07) is 0. The van der Waals surface area contributed by atoms with Crippen molar-refractivity contribution in [3.05, 3.63) is 69.8 Å². The van der Waals surface area contributed by atoms with Gasteiger partial charge in [0, 0.05) is 62.3 Å². The number of allylic oxidation sites excluding steroid dienone is 4. The molecule has 0 fully saturated rings. The molecule has 5 rings (SSSR count). The van der Waals surface area contributed by atoms with Gasteiger partial charge < -0.3 is 49.6 Å². The largest absolute Gasteiger partial charge is 0.507 e. The third-order valence-electron chi connectivity index (χ3n) is 10.8. The summed E-state index contributed by atoms with van der Waals surface area (Å²) < 4.78 is 28.0. The molecule has 0 unspecified atom stereocenters. The molecule has 0 saturated carbocycles. The van der Waals surface area contributed by atoms with Crippen LogP contribution in [-0.4, -0.2) is 101 Å². The molecule has 5 N–H and O–H groups in total. The van der Waals surface area contributed by atoms with Crippen molar-refractivity contribution in [2.75, 3.05) is 20.8 Å². The lowest BCUT2D eigenvalue weighted by Crippen LogP contribution is -2.46. The van der Waals surface area contributed by atoms with Gasteiger partial charge in [0.05, 0.1) is 54.8 Å². The number of hydrogen-bond acceptors (Lipinski definition) is 15. The first kappa shape index (κ1) is 44.4. The van der Waals surface area contributed by atoms with E-state index in [1.807, 2.05) is 0 Å². The number of aliphatic hydroxyl groups is 2. The summed E-state index contributed by atoms with van der Waals surface area (Å²) >= 11 is 0. The summed E-state index contributed by atoms with van der Waals surface area (Å²) in [4.78, 5) is 80.6. The van der Waals surface area contributed by atoms with E-state index < -0.39 is 117 Å². The molecule has 0 saturated heterocycles. The van der Waals surface area contributed by atoms with Crippen molar-refractivity contribution in [3.63, 3.8) is 0 Å². The van der Waals surface area contributed by atoms with Crippen LogP contribution < -0.4 is 15.4 Å². The standard InChI is InChI=1S/C41H52N2O14/c1-18-12-11-13-19(2)40(52)43-31-30(42-16-14-26(45)54-10)35(49)27-28(36(31)50)34(48)23(6)38-29(27)39(51)41(8,57-38)55-17-15-25(53-9)20(3)37(56-24(7)44)22(5)33(47)21(4)32(18)46/h11-13,15,17-18,20-22,25,32-33,37,42,46-48H,14,16H2,1-10H3,(H,43,52)/t18-,20+,21+,22-,25-,32-,33-,37+,41-/m0/s1. The van der Waals surface area contributed by atoms with Crippen molar-refractivity contribution in [2.45, 2.75) is 92.0 Å². The van der Waals surface area contributed by atoms with Crippen molar-refractivity contribution < 1.29 is 67.8 Å². The Balaban J connectivity index is 1.90. The molecular formula is C41H52N2O14. The van der Waals surface area contributed by atoms with Gasteiger partial charge in [0.25, 0.3) is 11.7 Å². The highest BCUT2D eigenvalue weighted by atomic mass is 16.7. The number of amides is 1. The summed E-state index contributed by atoms with van der Waals surface area (Å²) in [6.45, 7) is 11.9. The van der Waals surface area contributed by atoms with E-state index in [1.165, 1.54) is 60.1 Å². The van der Waals surface area contributed by atoms with E-state index in [4.69, 9.17) is 18.9 Å². The molecular weight excluding hydrogens is 744 g/mol. The van der Waals surface area contributed by atoms with Crippen molar-refractivity contribution in [1.29, 1.82) is 0 Å². The Morgan fingerprint density at radius 1 is 0.930 bits per heavy atom. The van der Waals surface area contributed by atoms with Gasteiger partial charge in [-0.3, -0.25) is 28.8 Å². The summed E-state index contributed by atoms with van der Waals surface area (Å²) in [5.41, 5.74) is -2.36. The first-order chi connectivity index (χ1) is 26.7. The number of nitrogens with one attached hydrogen (secondary N) is 2. The molecule has 0 spiro atoms. The number of ether oxygens (including phenoxy) is 5. The Bertz CT molecular complexity index is 1950. The predicted molar refractivity (Wildman–Crippen MR) is 203 cm³/mol. The van der Waals surface area contributed by atoms with E-state index >= 15 is 0 Å². The summed E-state index contributed by atoms with van der Waals surface area (Å²) in [6.07, 6.45) is 2.87. The highest BCUT2D eigenvalue weighted by Gasteiger charge is 2.52. The maximum absolute atomic E-state index is 14.4. The Hall–Kier alpha value is -5.32. The number of aliphatic hydroxyl groups excluding tert-OH is 2. The van der Waals surface area contributed by atoms with Crippen LogP contribution in [0.25, 0.3) is 0 Å². The fourth-order valence-electron chi connectivity index (χ4n) is 7.25. The van der Waals surface area contributed by atoms with E-state index in [1.54, 1.807) is 33.8 Å². The minimum atomic E-state index is -2.13. The number of fused-ring (bicyclic) bond motifs is 14. The minimum absolute atomic E-state index is 0.0558. The van der Waals surface area contributed by atoms with Crippen LogP contribution in [0.5, 0.6) is 11.5 Å². The zero-order chi connectivity index (χ0) is 42.7. The number of methoxy groups -OCH3 is 2. The SMILES string of the molecule is COC(=O)CCNC1=C2NC(=O)C(C)=CC=C[C@H](C)[C@H](O)[C@@H](C)[C@H](O)[C@H](C)[C@H](OC(C)=O)[C@H](C)[C@@H](OC)C=CO[C@@]3(C)Oc4c(C)c(O)c(c(c4C3=O)C1=O)C2=O. The number of esters is 2. The van der Waals surface area contributed by atoms with Crippen molar-refractivity contribution in [2.24, 2.45) is 23.7 Å². The third kappa shape index (κ3) is 8.82. The predicted octanol–water partition coefficient (Wildman–Crippen LogP) is 3.11. The number of aromatic hydroxyl groups is 1. The molecule has 1 amide bonds. The van der Waals surface area contributed by atoms with Gasteiger partial charge in [0.2, 0.25) is 11.6 Å². The number of phenols is 1. The highest BCUT2D eigenvalue weighted by Crippen LogP contribution is 2.48. The Morgan fingerprint density at radius 3 is 2.21 bits per heavy atom. The van der Waals surface area contributed by atoms with Gasteiger partial charge in [0.15, 0.2) is 0 Å². The fourth-order valence-corrected chi connectivity index (χ4v) is 7.25. The molecule has 3 aliphatic heterocycles. The lowest BCUT2D eigenvalue weighted by molar-refractivity contribution is -0.160. The highest BCUT2D eigenvalue weighted by molar-refractivity contribution is 6.32. The molecule has 4 aliphatic rings. The van der Waals surface area contributed by atoms with Crippen LogP contribution in [0.3, 0.4) is 0 Å². The van der Waals surface area contributed by atoms with Crippen LogP contribution >= 0.6 is 0 Å². The minimum Gasteiger partial charge on any atom is -0.507 e. The zero-order valence-electron chi connectivity index (χ0n) is 33.8. The Kier molecular flexibility index (Phi) is 13.9. The van der Waals surface area contributed by atoms with Crippen LogP contribution in [0.1, 0.15) is 91.5 Å². The topological polar surface area (TPSA) is 233 Å². The van der Waals surface area contributed by atoms with E-state index in [0.717, 1.165) is 6.26 Å². The molecule has 5 bridgehead atoms. The van der Waals surface area contributed by atoms with Crippen molar-refractivity contribution in [1.82, 2.24) is 10.6 Å². The molecule has 0 radical (unpaired) electrons. The summed E-state index contributed by atoms with van der Waals surface area (Å²) in [7, 11) is 2.58. The van der Waals surface area contributed by atoms with Crippen molar-refractivity contribution in [3.8, 4) is 11.5 Å². The average molecular weight is 797 g/mol. The number of carbonyl (C=O) groups is 6. The van der Waals surface area contributed by atoms with Gasteiger partial charge in [-0.25, -0.2) is 0 Å². The van der Waals surface area contributed by atoms with Gasteiger partial charge in [-0.2, -0.15) is 0 Å². The van der Waals surface area contributed by atoms with Crippen LogP contribution in [0.15, 0.2) is 47.5 Å². The summed E-state index contributed by atoms with van der Waals surface area (Å²) in [5.74, 6) is -10.5. The average Bonchev–Trinajstić information content (AvgIpc) is 3.44. The monoisotopic (exact) mass is 796 g/mol. The maximum Gasteiger partial charge on any atom is 0.312 e. The van der Waals surface area contributed by atoms with Gasteiger partial charge in [-0.05, 0) is 19.9 Å². The first-order valence-electron chi connectivity index (χ1n) is 18.6. The first-order valence-corrected chi connectivity index (χ1v) is 18.6. The Labute approximate surface area is 330 Å². The fraction of sp³-hybridized carbons (Fsp3) is 0.512. The summed E-state index contributed by atoms with van der Waals surface area (Å²) in [5, 5.41) is 39.3. The molecule has 16 heteroatoms. The van der Waals surface area contributed by atoms with E-state index in [9.17, 15) is 44.1 Å². The van der Waals surface area contributed by atoms with E-state index in [-0.39, 0.29) is 35.4 Å². The molecule has 3 heterocycles. The number of hydrogen-bond donors (Lipinski definition) is 5. The molecule has 57 heavy (non-hydrogen) atoms. The molecule has 9 atom stereocenters. The lowest BCUT2D eigenvalue weighted by Gasteiger charge is -2.38. The molecule has 0 aromatic heterocycles. The van der Waals surface area contributed by atoms with Gasteiger partial charge in [-0.15, -0.1) is 0 Å². The quantitative estimate of drug-likeness (QED) is 0.260. The number of carbonyl (C=O) groups excluding carboxylic acids is 6. The van der Waals surface area contributed by atoms with Crippen LogP contribution in [0.4, 0.5) is 0 Å². The molecule has 1 aromatic rings. The maximum atomic E-state index is 14.4. The molecule has 1 aliphatic carbocycles. The molecule has 1 aromatic carbocycles. The second-order valence-electron chi connectivity index (χ2n) is 14.8. The van der Waals surface area contributed by atoms with Gasteiger partial charge in [0.1, 0.15) is 29.0 Å². The van der Waals surface area contributed by atoms with Crippen molar-refractivity contribution >= 4 is 35.2 Å². The van der Waals surface area contributed by atoms with Crippen LogP contribution in [0, 0.1) is 30.6 Å². The van der Waals surface area contributed by atoms with E-state index in [2.05, 4.69) is 15.4 Å². The zero-order valence-corrected chi connectivity index (χ0v) is 33.8. The number of Topliss-reactive ketones (excluding diaryl/α,β-unsaturated/α-hetero) is 3. The van der Waals surface area contributed by atoms with E-state index in [0.29, 0.717) is 0 Å². The van der Waals surface area contributed by atoms with Crippen LogP contribution in [0.2, 0.25) is 0 Å². The second-order valence-corrected chi connectivity index (χ2v) is 14.8. The molecule has 16 nitrogen and oxygen atoms in total. The molecule has 310 valence electrons. The van der Waals surface area contributed by atoms with Gasteiger partial charge in [-0.1, -0.05) is 45.9 Å². The normalized spacial score (nSPS) is 29.6. The lowest BCUT2D eigenvalue weighted by atomic mass is 9.78. The number of rotatable bonds is 6. The van der Waals surface area contributed by atoms with Crippen LogP contribution in [-0.2, 0) is 33.3 Å².